The molecule has 0 amide bonds. The highest BCUT2D eigenvalue weighted by atomic mass is 32.1. The smallest absolute Gasteiger partial charge is 0.355 e. The number of fused-ring (bicyclic) bond motifs is 1. The van der Waals surface area contributed by atoms with Crippen LogP contribution in [0.2, 0.25) is 0 Å². The Balaban J connectivity index is 1.63. The average Bonchev–Trinajstić information content (AvgIpc) is 3.22. The summed E-state index contributed by atoms with van der Waals surface area (Å²) < 4.78 is 11.5. The quantitative estimate of drug-likeness (QED) is 0.486. The van der Waals surface area contributed by atoms with E-state index in [0.29, 0.717) is 23.1 Å². The molecule has 4 aromatic rings. The van der Waals surface area contributed by atoms with Crippen molar-refractivity contribution in [2.45, 2.75) is 6.61 Å². The lowest BCUT2D eigenvalue weighted by atomic mass is 10.1. The predicted octanol–water partition coefficient (Wildman–Crippen LogP) is 5.25. The summed E-state index contributed by atoms with van der Waals surface area (Å²) in [6, 6.07) is 19.8. The van der Waals surface area contributed by atoms with E-state index in [1.165, 1.54) is 16.7 Å². The predicted molar refractivity (Wildman–Crippen MR) is 109 cm³/mol. The van der Waals surface area contributed by atoms with E-state index in [-0.39, 0.29) is 5.69 Å². The van der Waals surface area contributed by atoms with E-state index in [9.17, 15) is 4.79 Å². The van der Waals surface area contributed by atoms with Crippen LogP contribution >= 0.6 is 11.3 Å². The number of hydrogen-bond donors (Lipinski definition) is 1. The van der Waals surface area contributed by atoms with Crippen molar-refractivity contribution in [1.29, 1.82) is 0 Å². The first-order chi connectivity index (χ1) is 13.7. The molecule has 0 spiro atoms. The minimum atomic E-state index is -1.04. The number of benzene rings is 3. The Morgan fingerprint density at radius 3 is 2.68 bits per heavy atom. The average molecular weight is 391 g/mol. The Morgan fingerprint density at radius 2 is 1.89 bits per heavy atom. The van der Waals surface area contributed by atoms with E-state index in [2.05, 4.69) is 23.2 Å². The molecule has 0 bridgehead atoms. The fourth-order valence-corrected chi connectivity index (χ4v) is 3.79. The topological polar surface area (TPSA) is 68.7 Å². The van der Waals surface area contributed by atoms with E-state index >= 15 is 0 Å². The van der Waals surface area contributed by atoms with E-state index in [1.54, 1.807) is 13.2 Å². The molecule has 0 saturated heterocycles. The largest absolute Gasteiger partial charge is 0.493 e. The van der Waals surface area contributed by atoms with Gasteiger partial charge in [0.15, 0.2) is 17.2 Å². The van der Waals surface area contributed by atoms with Crippen molar-refractivity contribution in [2.75, 3.05) is 7.11 Å². The van der Waals surface area contributed by atoms with Gasteiger partial charge >= 0.3 is 5.97 Å². The maximum Gasteiger partial charge on any atom is 0.355 e. The molecule has 1 heterocycles. The molecule has 0 aliphatic carbocycles. The molecule has 0 radical (unpaired) electrons. The Labute approximate surface area is 165 Å². The van der Waals surface area contributed by atoms with Gasteiger partial charge in [-0.05, 0) is 34.5 Å². The van der Waals surface area contributed by atoms with Crippen molar-refractivity contribution in [3.8, 4) is 22.1 Å². The van der Waals surface area contributed by atoms with Crippen molar-refractivity contribution in [3.63, 3.8) is 0 Å². The van der Waals surface area contributed by atoms with Crippen molar-refractivity contribution in [1.82, 2.24) is 4.98 Å². The van der Waals surface area contributed by atoms with Crippen molar-refractivity contribution in [3.05, 3.63) is 77.3 Å². The number of thiazole rings is 1. The van der Waals surface area contributed by atoms with E-state index in [4.69, 9.17) is 14.6 Å². The maximum atomic E-state index is 11.1. The first-order valence-corrected chi connectivity index (χ1v) is 9.50. The van der Waals surface area contributed by atoms with Gasteiger partial charge in [-0.15, -0.1) is 11.3 Å². The third kappa shape index (κ3) is 3.54. The van der Waals surface area contributed by atoms with Gasteiger partial charge in [0.1, 0.15) is 11.6 Å². The molecule has 1 aromatic heterocycles. The lowest BCUT2D eigenvalue weighted by molar-refractivity contribution is 0.0691. The molecule has 0 aliphatic rings. The van der Waals surface area contributed by atoms with Crippen LogP contribution < -0.4 is 9.47 Å². The van der Waals surface area contributed by atoms with Crippen LogP contribution in [0.15, 0.2) is 66.0 Å². The Hall–Kier alpha value is -3.38. The SMILES string of the molecule is COc1ccc(-c2nc(C(=O)O)cs2)cc1OCc1cccc2ccccc12. The van der Waals surface area contributed by atoms with Gasteiger partial charge in [-0.2, -0.15) is 0 Å². The van der Waals surface area contributed by atoms with Crippen LogP contribution in [0.5, 0.6) is 11.5 Å². The molecule has 5 nitrogen and oxygen atoms in total. The summed E-state index contributed by atoms with van der Waals surface area (Å²) in [5, 5.41) is 13.5. The number of nitrogens with zero attached hydrogens (tertiary/aromatic N) is 1. The second-order valence-corrected chi connectivity index (χ2v) is 6.99. The summed E-state index contributed by atoms with van der Waals surface area (Å²) in [7, 11) is 1.59. The molecule has 1 N–H and O–H groups in total. The minimum Gasteiger partial charge on any atom is -0.493 e. The maximum absolute atomic E-state index is 11.1. The minimum absolute atomic E-state index is 0.0361. The van der Waals surface area contributed by atoms with Crippen molar-refractivity contribution >= 4 is 28.1 Å². The normalized spacial score (nSPS) is 10.8. The van der Waals surface area contributed by atoms with Crippen molar-refractivity contribution < 1.29 is 19.4 Å². The lowest BCUT2D eigenvalue weighted by Crippen LogP contribution is -1.99. The Bertz CT molecular complexity index is 1150. The van der Waals surface area contributed by atoms with Crippen LogP contribution in [0.1, 0.15) is 16.1 Å². The lowest BCUT2D eigenvalue weighted by Gasteiger charge is -2.13. The third-order valence-corrected chi connectivity index (χ3v) is 5.29. The highest BCUT2D eigenvalue weighted by Crippen LogP contribution is 2.34. The standard InChI is InChI=1S/C22H17NO4S/c1-26-19-10-9-15(21-23-18(13-28-21)22(24)25)11-20(19)27-12-16-7-4-6-14-5-2-3-8-17(14)16/h2-11,13H,12H2,1H3,(H,24,25). The monoisotopic (exact) mass is 391 g/mol. The molecular formula is C22H17NO4S. The molecule has 0 saturated carbocycles. The van der Waals surface area contributed by atoms with E-state index in [0.717, 1.165) is 21.9 Å². The number of aromatic carboxylic acids is 1. The van der Waals surface area contributed by atoms with Gasteiger partial charge in [0.25, 0.3) is 0 Å². The van der Waals surface area contributed by atoms with Crippen LogP contribution in [-0.4, -0.2) is 23.2 Å². The molecule has 4 rings (SSSR count). The summed E-state index contributed by atoms with van der Waals surface area (Å²) in [5.74, 6) is 0.155. The molecule has 6 heteroatoms. The number of methoxy groups -OCH3 is 1. The molecule has 140 valence electrons. The third-order valence-electron chi connectivity index (χ3n) is 4.40. The number of aromatic nitrogens is 1. The van der Waals surface area contributed by atoms with Gasteiger partial charge < -0.3 is 14.6 Å². The van der Waals surface area contributed by atoms with Gasteiger partial charge in [0.2, 0.25) is 0 Å². The van der Waals surface area contributed by atoms with Crippen LogP contribution in [-0.2, 0) is 6.61 Å². The molecular weight excluding hydrogens is 374 g/mol. The fourth-order valence-electron chi connectivity index (χ4n) is 3.00. The van der Waals surface area contributed by atoms with E-state index in [1.807, 2.05) is 36.4 Å². The zero-order valence-electron chi connectivity index (χ0n) is 15.1. The summed E-state index contributed by atoms with van der Waals surface area (Å²) in [5.41, 5.74) is 1.90. The fraction of sp³-hybridized carbons (Fsp3) is 0.0909. The summed E-state index contributed by atoms with van der Waals surface area (Å²) in [4.78, 5) is 15.2. The van der Waals surface area contributed by atoms with Crippen LogP contribution in [0, 0.1) is 0 Å². The first kappa shape index (κ1) is 18.0. The first-order valence-electron chi connectivity index (χ1n) is 8.62. The number of carboxylic acids is 1. The zero-order valence-corrected chi connectivity index (χ0v) is 15.9. The molecule has 28 heavy (non-hydrogen) atoms. The molecule has 3 aromatic carbocycles. The molecule has 0 atom stereocenters. The van der Waals surface area contributed by atoms with Gasteiger partial charge in [-0.25, -0.2) is 9.78 Å². The van der Waals surface area contributed by atoms with Crippen LogP contribution in [0.3, 0.4) is 0 Å². The second kappa shape index (κ2) is 7.70. The summed E-state index contributed by atoms with van der Waals surface area (Å²) >= 11 is 1.28. The van der Waals surface area contributed by atoms with Gasteiger partial charge in [0.05, 0.1) is 7.11 Å². The van der Waals surface area contributed by atoms with E-state index < -0.39 is 5.97 Å². The Morgan fingerprint density at radius 1 is 1.07 bits per heavy atom. The van der Waals surface area contributed by atoms with Gasteiger partial charge in [-0.1, -0.05) is 42.5 Å². The number of ether oxygens (including phenoxy) is 2. The molecule has 0 aliphatic heterocycles. The van der Waals surface area contributed by atoms with Gasteiger partial charge in [0, 0.05) is 10.9 Å². The number of hydrogen-bond acceptors (Lipinski definition) is 5. The summed E-state index contributed by atoms with van der Waals surface area (Å²) in [6.45, 7) is 0.388. The highest BCUT2D eigenvalue weighted by molar-refractivity contribution is 7.13. The number of carbonyl (C=O) groups is 1. The number of carboxylic acid groups (broad SMARTS) is 1. The second-order valence-electron chi connectivity index (χ2n) is 6.14. The summed E-state index contributed by atoms with van der Waals surface area (Å²) in [6.07, 6.45) is 0. The van der Waals surface area contributed by atoms with Gasteiger partial charge in [-0.3, -0.25) is 0 Å². The number of rotatable bonds is 6. The van der Waals surface area contributed by atoms with Crippen molar-refractivity contribution in [2.24, 2.45) is 0 Å². The molecule has 0 fully saturated rings. The van der Waals surface area contributed by atoms with Crippen LogP contribution in [0.4, 0.5) is 0 Å². The van der Waals surface area contributed by atoms with Crippen LogP contribution in [0.25, 0.3) is 21.3 Å². The zero-order chi connectivity index (χ0) is 19.5. The Kier molecular flexibility index (Phi) is 4.95. The highest BCUT2D eigenvalue weighted by Gasteiger charge is 2.13. The molecule has 0 unspecified atom stereocenters.